The van der Waals surface area contributed by atoms with Gasteiger partial charge in [-0.05, 0) is 42.1 Å². The highest BCUT2D eigenvalue weighted by Gasteiger charge is 2.24. The molecule has 1 aliphatic heterocycles. The lowest BCUT2D eigenvalue weighted by atomic mass is 10.2. The molecule has 6 nitrogen and oxygen atoms in total. The second-order valence-electron chi connectivity index (χ2n) is 4.98. The third-order valence-electron chi connectivity index (χ3n) is 3.20. The highest BCUT2D eigenvalue weighted by Crippen LogP contribution is 2.22. The lowest BCUT2D eigenvalue weighted by molar-refractivity contribution is -0.145. The van der Waals surface area contributed by atoms with Gasteiger partial charge in [-0.25, -0.2) is 14.6 Å². The monoisotopic (exact) mass is 357 g/mol. The van der Waals surface area contributed by atoms with Gasteiger partial charge in [-0.2, -0.15) is 0 Å². The number of aliphatic imine (C=N–C) groups is 1. The average molecular weight is 357 g/mol. The smallest absolute Gasteiger partial charge is 0.363 e. The van der Waals surface area contributed by atoms with E-state index in [0.717, 1.165) is 10.4 Å². The third kappa shape index (κ3) is 4.33. The van der Waals surface area contributed by atoms with Crippen LogP contribution in [0, 0.1) is 0 Å². The lowest BCUT2D eigenvalue weighted by Gasteiger charge is -2.05. The first-order chi connectivity index (χ1) is 12.2. The number of benzene rings is 1. The van der Waals surface area contributed by atoms with Crippen molar-refractivity contribution in [2.45, 2.75) is 6.92 Å². The van der Waals surface area contributed by atoms with Gasteiger partial charge < -0.3 is 14.2 Å². The summed E-state index contributed by atoms with van der Waals surface area (Å²) in [6, 6.07) is 10.6. The summed E-state index contributed by atoms with van der Waals surface area (Å²) in [5.74, 6) is -0.0449. The van der Waals surface area contributed by atoms with Crippen LogP contribution in [0.3, 0.4) is 0 Å². The van der Waals surface area contributed by atoms with E-state index >= 15 is 0 Å². The molecular weight excluding hydrogens is 342 g/mol. The number of hydrogen-bond acceptors (Lipinski definition) is 7. The zero-order chi connectivity index (χ0) is 17.6. The molecule has 1 aromatic carbocycles. The number of cyclic esters (lactones) is 1. The zero-order valence-corrected chi connectivity index (χ0v) is 14.2. The van der Waals surface area contributed by atoms with Gasteiger partial charge in [0, 0.05) is 0 Å². The first-order valence-corrected chi connectivity index (χ1v) is 8.48. The van der Waals surface area contributed by atoms with Gasteiger partial charge in [0.15, 0.2) is 12.3 Å². The molecule has 0 aliphatic carbocycles. The number of carbonyl (C=O) groups excluding carboxylic acids is 2. The Hall–Kier alpha value is -2.93. The number of hydrogen-bond donors (Lipinski definition) is 0. The molecule has 1 aromatic heterocycles. The van der Waals surface area contributed by atoms with Crippen LogP contribution in [0.15, 0.2) is 52.5 Å². The maximum atomic E-state index is 11.9. The van der Waals surface area contributed by atoms with Gasteiger partial charge in [-0.3, -0.25) is 0 Å². The fourth-order valence-corrected chi connectivity index (χ4v) is 2.73. The van der Waals surface area contributed by atoms with Crippen LogP contribution in [0.1, 0.15) is 17.4 Å². The highest BCUT2D eigenvalue weighted by molar-refractivity contribution is 7.12. The van der Waals surface area contributed by atoms with E-state index in [1.165, 1.54) is 11.3 Å². The Labute approximate surface area is 148 Å². The van der Waals surface area contributed by atoms with Crippen molar-refractivity contribution < 1.29 is 23.8 Å². The molecule has 1 aliphatic rings. The summed E-state index contributed by atoms with van der Waals surface area (Å²) in [6.07, 6.45) is 1.64. The van der Waals surface area contributed by atoms with E-state index in [4.69, 9.17) is 14.2 Å². The normalized spacial score (nSPS) is 15.0. The van der Waals surface area contributed by atoms with Gasteiger partial charge in [-0.1, -0.05) is 18.2 Å². The van der Waals surface area contributed by atoms with Crippen molar-refractivity contribution in [1.82, 2.24) is 0 Å². The van der Waals surface area contributed by atoms with E-state index in [1.54, 1.807) is 37.3 Å². The number of carbonyl (C=O) groups is 2. The van der Waals surface area contributed by atoms with E-state index in [1.807, 2.05) is 17.5 Å². The summed E-state index contributed by atoms with van der Waals surface area (Å²) in [4.78, 5) is 28.2. The summed E-state index contributed by atoms with van der Waals surface area (Å²) in [6.45, 7) is 1.91. The van der Waals surface area contributed by atoms with E-state index < -0.39 is 11.9 Å². The fourth-order valence-electron chi connectivity index (χ4n) is 2.08. The van der Waals surface area contributed by atoms with Crippen LogP contribution in [0.4, 0.5) is 0 Å². The Kier molecular flexibility index (Phi) is 5.25. The maximum absolute atomic E-state index is 11.9. The summed E-state index contributed by atoms with van der Waals surface area (Å²) in [7, 11) is 0. The number of thiophene rings is 1. The molecule has 25 heavy (non-hydrogen) atoms. The number of rotatable bonds is 6. The number of ether oxygens (including phenoxy) is 3. The summed E-state index contributed by atoms with van der Waals surface area (Å²) in [5.41, 5.74) is 1.01. The molecule has 7 heteroatoms. The molecule has 0 N–H and O–H groups in total. The Morgan fingerprint density at radius 1 is 1.28 bits per heavy atom. The van der Waals surface area contributed by atoms with Crippen LogP contribution < -0.4 is 4.74 Å². The van der Waals surface area contributed by atoms with E-state index in [0.29, 0.717) is 18.3 Å². The standard InChI is InChI=1S/C18H15NO5S/c1-2-22-16(20)11-23-13-7-5-12(6-8-13)10-14-18(21)24-17(19-14)15-4-3-9-25-15/h3-10H,2,11H2,1H3. The molecule has 0 amide bonds. The van der Waals surface area contributed by atoms with Crippen LogP contribution in [0.25, 0.3) is 6.08 Å². The van der Waals surface area contributed by atoms with Crippen molar-refractivity contribution in [2.75, 3.05) is 13.2 Å². The minimum atomic E-state index is -0.481. The molecule has 128 valence electrons. The van der Waals surface area contributed by atoms with E-state index in [-0.39, 0.29) is 12.3 Å². The highest BCUT2D eigenvalue weighted by atomic mass is 32.1. The van der Waals surface area contributed by atoms with Crippen molar-refractivity contribution >= 4 is 35.2 Å². The molecule has 3 rings (SSSR count). The molecule has 0 fully saturated rings. The molecule has 0 saturated heterocycles. The van der Waals surface area contributed by atoms with E-state index in [2.05, 4.69) is 4.99 Å². The second-order valence-corrected chi connectivity index (χ2v) is 5.92. The van der Waals surface area contributed by atoms with Crippen molar-refractivity contribution in [1.29, 1.82) is 0 Å². The van der Waals surface area contributed by atoms with E-state index in [9.17, 15) is 9.59 Å². The van der Waals surface area contributed by atoms with Crippen molar-refractivity contribution in [3.63, 3.8) is 0 Å². The van der Waals surface area contributed by atoms with Gasteiger partial charge in [0.25, 0.3) is 0 Å². The molecule has 0 spiro atoms. The van der Waals surface area contributed by atoms with Crippen molar-refractivity contribution in [3.05, 3.63) is 57.9 Å². The minimum absolute atomic E-state index is 0.144. The largest absolute Gasteiger partial charge is 0.482 e. The molecule has 0 bridgehead atoms. The van der Waals surface area contributed by atoms with Crippen LogP contribution in [-0.2, 0) is 19.1 Å². The van der Waals surface area contributed by atoms with Crippen LogP contribution in [0.5, 0.6) is 5.75 Å². The summed E-state index contributed by atoms with van der Waals surface area (Å²) >= 11 is 1.45. The van der Waals surface area contributed by atoms with Gasteiger partial charge in [0.2, 0.25) is 5.90 Å². The quantitative estimate of drug-likeness (QED) is 0.587. The molecule has 0 saturated carbocycles. The van der Waals surface area contributed by atoms with Gasteiger partial charge >= 0.3 is 11.9 Å². The summed E-state index contributed by atoms with van der Waals surface area (Å²) in [5, 5.41) is 1.89. The third-order valence-corrected chi connectivity index (χ3v) is 4.06. The first-order valence-electron chi connectivity index (χ1n) is 7.60. The van der Waals surface area contributed by atoms with Crippen LogP contribution in [-0.4, -0.2) is 31.1 Å². The van der Waals surface area contributed by atoms with Gasteiger partial charge in [0.1, 0.15) is 5.75 Å². The predicted molar refractivity (Wildman–Crippen MR) is 93.5 cm³/mol. The number of nitrogens with zero attached hydrogens (tertiary/aromatic N) is 1. The zero-order valence-electron chi connectivity index (χ0n) is 13.4. The van der Waals surface area contributed by atoms with Crippen LogP contribution >= 0.6 is 11.3 Å². The Morgan fingerprint density at radius 2 is 2.08 bits per heavy atom. The summed E-state index contributed by atoms with van der Waals surface area (Å²) < 4.78 is 15.3. The second kappa shape index (κ2) is 7.76. The van der Waals surface area contributed by atoms with Crippen molar-refractivity contribution in [2.24, 2.45) is 4.99 Å². The molecule has 0 atom stereocenters. The lowest BCUT2D eigenvalue weighted by Crippen LogP contribution is -2.14. The Balaban J connectivity index is 1.67. The van der Waals surface area contributed by atoms with Crippen molar-refractivity contribution in [3.8, 4) is 5.75 Å². The number of esters is 2. The topological polar surface area (TPSA) is 74.2 Å². The van der Waals surface area contributed by atoms with Gasteiger partial charge in [-0.15, -0.1) is 11.3 Å². The fraction of sp³-hybridized carbons (Fsp3) is 0.167. The predicted octanol–water partition coefficient (Wildman–Crippen LogP) is 3.03. The molecule has 2 heterocycles. The molecule has 2 aromatic rings. The maximum Gasteiger partial charge on any atom is 0.363 e. The molecule has 0 unspecified atom stereocenters. The van der Waals surface area contributed by atoms with Gasteiger partial charge in [0.05, 0.1) is 11.5 Å². The minimum Gasteiger partial charge on any atom is -0.482 e. The molecular formula is C18H15NO5S. The Morgan fingerprint density at radius 3 is 2.76 bits per heavy atom. The van der Waals surface area contributed by atoms with Crippen LogP contribution in [0.2, 0.25) is 0 Å². The molecule has 0 radical (unpaired) electrons. The SMILES string of the molecule is CCOC(=O)COc1ccc(C=C2N=C(c3cccs3)OC2=O)cc1. The first kappa shape index (κ1) is 16.9. The average Bonchev–Trinajstić information content (AvgIpc) is 3.25. The Bertz CT molecular complexity index is 822.